The lowest BCUT2D eigenvalue weighted by atomic mass is 10.1. The second-order valence-electron chi connectivity index (χ2n) is 7.48. The topological polar surface area (TPSA) is 82.8 Å². The highest BCUT2D eigenvalue weighted by Gasteiger charge is 2.25. The number of carbonyl (C=O) groups is 2. The Morgan fingerprint density at radius 1 is 1.13 bits per heavy atom. The summed E-state index contributed by atoms with van der Waals surface area (Å²) in [5, 5.41) is 7.15. The van der Waals surface area contributed by atoms with Crippen molar-refractivity contribution in [2.24, 2.45) is 0 Å². The van der Waals surface area contributed by atoms with Gasteiger partial charge in [-0.05, 0) is 49.2 Å². The molecule has 2 aliphatic rings. The van der Waals surface area contributed by atoms with Gasteiger partial charge >= 0.3 is 0 Å². The number of benzene rings is 1. The average molecular weight is 455 g/mol. The van der Waals surface area contributed by atoms with Crippen molar-refractivity contribution in [3.63, 3.8) is 0 Å². The first-order chi connectivity index (χ1) is 15.0. The van der Waals surface area contributed by atoms with E-state index in [4.69, 9.17) is 11.6 Å². The van der Waals surface area contributed by atoms with Crippen molar-refractivity contribution < 1.29 is 9.59 Å². The number of hydrogen-bond donors (Lipinski definition) is 1. The van der Waals surface area contributed by atoms with E-state index in [-0.39, 0.29) is 5.24 Å². The highest BCUT2D eigenvalue weighted by atomic mass is 35.5. The molecule has 4 heterocycles. The van der Waals surface area contributed by atoms with Gasteiger partial charge in [-0.2, -0.15) is 5.10 Å². The Kier molecular flexibility index (Phi) is 5.17. The summed E-state index contributed by atoms with van der Waals surface area (Å²) in [6.45, 7) is 3.91. The van der Waals surface area contributed by atoms with E-state index in [0.29, 0.717) is 21.3 Å². The fourth-order valence-corrected chi connectivity index (χ4v) is 4.65. The molecule has 2 aromatic heterocycles. The van der Waals surface area contributed by atoms with Crippen molar-refractivity contribution >= 4 is 51.9 Å². The number of imide groups is 1. The number of nitrogens with zero attached hydrogens (tertiary/aromatic N) is 5. The Bertz CT molecular complexity index is 1230. The average Bonchev–Trinajstić information content (AvgIpc) is 3.31. The van der Waals surface area contributed by atoms with Crippen LogP contribution in [0.15, 0.2) is 41.4 Å². The van der Waals surface area contributed by atoms with Gasteiger partial charge in [0.2, 0.25) is 0 Å². The molecule has 8 nitrogen and oxygen atoms in total. The lowest BCUT2D eigenvalue weighted by molar-refractivity contribution is -0.115. The first-order valence-corrected chi connectivity index (χ1v) is 11.0. The molecule has 3 aromatic rings. The largest absolute Gasteiger partial charge is 0.368 e. The predicted molar refractivity (Wildman–Crippen MR) is 122 cm³/mol. The SMILES string of the molecule is CN1CCN(c2ccc(-c3cnc4ccc(/C=C5\SC(=O)NC5=O)nn34)cc2Cl)CC1. The van der Waals surface area contributed by atoms with E-state index < -0.39 is 5.91 Å². The van der Waals surface area contributed by atoms with E-state index in [1.807, 2.05) is 24.3 Å². The quantitative estimate of drug-likeness (QED) is 0.609. The van der Waals surface area contributed by atoms with Crippen LogP contribution in [0.4, 0.5) is 10.5 Å². The van der Waals surface area contributed by atoms with Crippen LogP contribution in [0.3, 0.4) is 0 Å². The number of rotatable bonds is 3. The molecule has 1 aromatic carbocycles. The van der Waals surface area contributed by atoms with Crippen molar-refractivity contribution in [1.82, 2.24) is 24.8 Å². The third kappa shape index (κ3) is 3.91. The van der Waals surface area contributed by atoms with Crippen LogP contribution in [0.2, 0.25) is 5.02 Å². The van der Waals surface area contributed by atoms with Crippen molar-refractivity contribution in [2.75, 3.05) is 38.1 Å². The number of nitrogens with one attached hydrogen (secondary N) is 1. The van der Waals surface area contributed by atoms with Gasteiger partial charge in [0, 0.05) is 31.7 Å². The number of hydrogen-bond acceptors (Lipinski definition) is 7. The van der Waals surface area contributed by atoms with E-state index in [0.717, 1.165) is 54.9 Å². The number of imidazole rings is 1. The molecule has 1 N–H and O–H groups in total. The van der Waals surface area contributed by atoms with Gasteiger partial charge in [-0.15, -0.1) is 0 Å². The minimum Gasteiger partial charge on any atom is -0.368 e. The number of amides is 2. The zero-order valence-corrected chi connectivity index (χ0v) is 18.3. The van der Waals surface area contributed by atoms with Crippen LogP contribution < -0.4 is 10.2 Å². The molecule has 0 spiro atoms. The van der Waals surface area contributed by atoms with Gasteiger partial charge in [-0.1, -0.05) is 17.7 Å². The maximum atomic E-state index is 11.8. The molecule has 0 unspecified atom stereocenters. The second kappa shape index (κ2) is 7.99. The van der Waals surface area contributed by atoms with Gasteiger partial charge in [0.1, 0.15) is 0 Å². The number of halogens is 1. The smallest absolute Gasteiger partial charge is 0.290 e. The first kappa shape index (κ1) is 20.0. The number of likely N-dealkylation sites (N-methyl/N-ethyl adjacent to an activating group) is 1. The number of thioether (sulfide) groups is 1. The summed E-state index contributed by atoms with van der Waals surface area (Å²) >= 11 is 7.51. The molecule has 2 aliphatic heterocycles. The lowest BCUT2D eigenvalue weighted by Crippen LogP contribution is -2.44. The van der Waals surface area contributed by atoms with Gasteiger partial charge in [0.05, 0.1) is 33.2 Å². The molecule has 31 heavy (non-hydrogen) atoms. The lowest BCUT2D eigenvalue weighted by Gasteiger charge is -2.34. The van der Waals surface area contributed by atoms with Crippen LogP contribution in [-0.4, -0.2) is 63.9 Å². The van der Waals surface area contributed by atoms with Gasteiger partial charge in [-0.25, -0.2) is 9.50 Å². The van der Waals surface area contributed by atoms with E-state index in [1.165, 1.54) is 0 Å². The molecule has 158 valence electrons. The van der Waals surface area contributed by atoms with Crippen LogP contribution in [0.5, 0.6) is 0 Å². The summed E-state index contributed by atoms with van der Waals surface area (Å²) in [6, 6.07) is 9.58. The number of aromatic nitrogens is 3. The molecule has 2 amide bonds. The Labute approximate surface area is 187 Å². The van der Waals surface area contributed by atoms with Crippen LogP contribution in [-0.2, 0) is 4.79 Å². The Hall–Kier alpha value is -2.88. The van der Waals surface area contributed by atoms with Gasteiger partial charge < -0.3 is 9.80 Å². The van der Waals surface area contributed by atoms with E-state index in [1.54, 1.807) is 22.9 Å². The van der Waals surface area contributed by atoms with Crippen LogP contribution in [0.25, 0.3) is 23.0 Å². The summed E-state index contributed by atoms with van der Waals surface area (Å²) in [6.07, 6.45) is 3.35. The molecule has 0 bridgehead atoms. The molecule has 0 aliphatic carbocycles. The van der Waals surface area contributed by atoms with E-state index >= 15 is 0 Å². The highest BCUT2D eigenvalue weighted by Crippen LogP contribution is 2.32. The van der Waals surface area contributed by atoms with Crippen LogP contribution in [0, 0.1) is 0 Å². The van der Waals surface area contributed by atoms with Gasteiger partial charge in [-0.3, -0.25) is 14.9 Å². The highest BCUT2D eigenvalue weighted by molar-refractivity contribution is 8.18. The number of fused-ring (bicyclic) bond motifs is 1. The van der Waals surface area contributed by atoms with E-state index in [9.17, 15) is 9.59 Å². The van der Waals surface area contributed by atoms with E-state index in [2.05, 4.69) is 32.2 Å². The third-order valence-corrected chi connectivity index (χ3v) is 6.50. The molecular formula is C21H19ClN6O2S. The first-order valence-electron chi connectivity index (χ1n) is 9.81. The van der Waals surface area contributed by atoms with Gasteiger partial charge in [0.25, 0.3) is 11.1 Å². The van der Waals surface area contributed by atoms with Crippen molar-refractivity contribution in [2.45, 2.75) is 0 Å². The monoisotopic (exact) mass is 454 g/mol. The second-order valence-corrected chi connectivity index (χ2v) is 8.90. The van der Waals surface area contributed by atoms with Crippen molar-refractivity contribution in [3.8, 4) is 11.3 Å². The van der Waals surface area contributed by atoms with Crippen LogP contribution >= 0.6 is 23.4 Å². The van der Waals surface area contributed by atoms with Gasteiger partial charge in [0.15, 0.2) is 5.65 Å². The summed E-state index contributed by atoms with van der Waals surface area (Å²) in [5.74, 6) is -0.408. The Balaban J connectivity index is 1.47. The molecular weight excluding hydrogens is 436 g/mol. The summed E-state index contributed by atoms with van der Waals surface area (Å²) in [7, 11) is 2.12. The summed E-state index contributed by atoms with van der Waals surface area (Å²) in [4.78, 5) is 32.6. The standard InChI is InChI=1S/C21H19ClN6O2S/c1-26-6-8-27(9-7-26)16-4-2-13(10-15(16)22)17-12-23-19-5-3-14(25-28(17)19)11-18-20(29)24-21(30)31-18/h2-5,10-12H,6-9H2,1H3,(H,24,29,30)/b18-11-. The third-order valence-electron chi connectivity index (χ3n) is 5.39. The fraction of sp³-hybridized carbons (Fsp3) is 0.238. The van der Waals surface area contributed by atoms with Crippen LogP contribution in [0.1, 0.15) is 5.69 Å². The molecule has 2 saturated heterocycles. The van der Waals surface area contributed by atoms with Crippen molar-refractivity contribution in [1.29, 1.82) is 0 Å². The molecule has 5 rings (SSSR count). The zero-order valence-electron chi connectivity index (χ0n) is 16.7. The summed E-state index contributed by atoms with van der Waals surface area (Å²) < 4.78 is 1.72. The minimum absolute atomic E-state index is 0.318. The fourth-order valence-electron chi connectivity index (χ4n) is 3.69. The Morgan fingerprint density at radius 3 is 2.65 bits per heavy atom. The number of piperazine rings is 1. The molecule has 2 fully saturated rings. The normalized spacial score (nSPS) is 18.9. The maximum absolute atomic E-state index is 11.8. The molecule has 0 atom stereocenters. The minimum atomic E-state index is -0.408. The maximum Gasteiger partial charge on any atom is 0.290 e. The molecule has 10 heteroatoms. The van der Waals surface area contributed by atoms with Crippen molar-refractivity contribution in [3.05, 3.63) is 52.2 Å². The summed E-state index contributed by atoms with van der Waals surface area (Å²) in [5.41, 5.74) is 3.95. The Morgan fingerprint density at radius 2 is 1.94 bits per heavy atom. The zero-order chi connectivity index (χ0) is 21.5. The molecule has 0 saturated carbocycles. The number of carbonyl (C=O) groups excluding carboxylic acids is 2. The predicted octanol–water partition coefficient (Wildman–Crippen LogP) is 3.13. The molecule has 0 radical (unpaired) electrons. The number of anilines is 1.